The molecule has 0 spiro atoms. The highest BCUT2D eigenvalue weighted by Gasteiger charge is 1.96. The minimum absolute atomic E-state index is 1.33. The number of isothiocyanates is 3. The smallest absolute Gasteiger partial charge is 0.159 e. The van der Waals surface area contributed by atoms with E-state index in [4.69, 9.17) is 0 Å². The molecule has 0 saturated carbocycles. The fourth-order valence-corrected chi connectivity index (χ4v) is 1.19. The zero-order valence-corrected chi connectivity index (χ0v) is 7.86. The second kappa shape index (κ2) is 6.94. The molecule has 50 valence electrons. The standard InChI is InChI=1S/C3N3PS3/c8-1-4-7(5-2-9)6-3-10. The number of hydrogen-bond acceptors (Lipinski definition) is 6. The molecular weight excluding hydrogens is 205 g/mol. The van der Waals surface area contributed by atoms with Crippen LogP contribution in [0.25, 0.3) is 0 Å². The van der Waals surface area contributed by atoms with Gasteiger partial charge >= 0.3 is 0 Å². The fraction of sp³-hybridized carbons (Fsp3) is 0. The highest BCUT2D eigenvalue weighted by Crippen LogP contribution is 2.38. The Bertz CT molecular complexity index is 203. The van der Waals surface area contributed by atoms with E-state index in [1.165, 1.54) is 0 Å². The molecule has 0 aliphatic carbocycles. The molecule has 0 heterocycles. The van der Waals surface area contributed by atoms with Gasteiger partial charge in [0, 0.05) is 0 Å². The molecule has 0 bridgehead atoms. The quantitative estimate of drug-likeness (QED) is 0.403. The summed E-state index contributed by atoms with van der Waals surface area (Å²) < 4.78 is 10.6. The molecular formula is C3N3PS3. The van der Waals surface area contributed by atoms with E-state index >= 15 is 0 Å². The van der Waals surface area contributed by atoms with Crippen molar-refractivity contribution in [1.29, 1.82) is 0 Å². The van der Waals surface area contributed by atoms with Crippen molar-refractivity contribution in [2.45, 2.75) is 0 Å². The van der Waals surface area contributed by atoms with E-state index in [2.05, 4.69) is 66.4 Å². The first-order valence-corrected chi connectivity index (χ1v) is 4.31. The first-order valence-electron chi connectivity index (χ1n) is 1.88. The van der Waals surface area contributed by atoms with E-state index in [1.807, 2.05) is 0 Å². The van der Waals surface area contributed by atoms with Crippen molar-refractivity contribution in [1.82, 2.24) is 0 Å². The molecule has 0 rings (SSSR count). The second-order valence-electron chi connectivity index (χ2n) is 0.842. The van der Waals surface area contributed by atoms with Crippen molar-refractivity contribution >= 4 is 60.5 Å². The molecule has 0 radical (unpaired) electrons. The third-order valence-electron chi connectivity index (χ3n) is 0.391. The Kier molecular flexibility index (Phi) is 6.83. The van der Waals surface area contributed by atoms with Gasteiger partial charge < -0.3 is 0 Å². The Labute approximate surface area is 74.9 Å². The molecule has 0 N–H and O–H groups in total. The van der Waals surface area contributed by atoms with Crippen LogP contribution in [0.4, 0.5) is 0 Å². The molecule has 0 aromatic rings. The molecule has 0 saturated heterocycles. The van der Waals surface area contributed by atoms with Crippen LogP contribution in [-0.4, -0.2) is 15.5 Å². The molecule has 0 unspecified atom stereocenters. The predicted molar refractivity (Wildman–Crippen MR) is 52.0 cm³/mol. The van der Waals surface area contributed by atoms with Crippen molar-refractivity contribution in [3.63, 3.8) is 0 Å². The van der Waals surface area contributed by atoms with Gasteiger partial charge in [0.15, 0.2) is 0 Å². The minimum atomic E-state index is -1.33. The van der Waals surface area contributed by atoms with Crippen LogP contribution < -0.4 is 0 Å². The van der Waals surface area contributed by atoms with Crippen LogP contribution in [0.15, 0.2) is 14.3 Å². The van der Waals surface area contributed by atoms with E-state index in [1.54, 1.807) is 0 Å². The highest BCUT2D eigenvalue weighted by atomic mass is 32.1. The number of hydrogen-bond donors (Lipinski definition) is 0. The van der Waals surface area contributed by atoms with Crippen molar-refractivity contribution in [2.75, 3.05) is 0 Å². The summed E-state index contributed by atoms with van der Waals surface area (Å²) in [6.45, 7) is 0. The summed E-state index contributed by atoms with van der Waals surface area (Å²) >= 11 is 12.9. The maximum absolute atomic E-state index is 4.31. The Morgan fingerprint density at radius 1 is 0.800 bits per heavy atom. The number of rotatable bonds is 3. The summed E-state index contributed by atoms with van der Waals surface area (Å²) in [4.78, 5) is 0. The van der Waals surface area contributed by atoms with Crippen LogP contribution in [0.5, 0.6) is 0 Å². The Balaban J connectivity index is 4.39. The van der Waals surface area contributed by atoms with Gasteiger partial charge in [-0.2, -0.15) is 14.3 Å². The van der Waals surface area contributed by atoms with Gasteiger partial charge in [0.25, 0.3) is 8.37 Å². The van der Waals surface area contributed by atoms with E-state index < -0.39 is 8.37 Å². The molecule has 0 aliphatic rings. The molecule has 7 heteroatoms. The summed E-state index contributed by atoms with van der Waals surface area (Å²) in [5.41, 5.74) is 0. The van der Waals surface area contributed by atoms with Crippen LogP contribution in [0.1, 0.15) is 0 Å². The average Bonchev–Trinajstić information content (AvgIpc) is 1.90. The van der Waals surface area contributed by atoms with Crippen LogP contribution >= 0.6 is 45.0 Å². The average molecular weight is 205 g/mol. The maximum atomic E-state index is 4.31. The van der Waals surface area contributed by atoms with Gasteiger partial charge in [0.1, 0.15) is 0 Å². The van der Waals surface area contributed by atoms with E-state index in [-0.39, 0.29) is 0 Å². The van der Waals surface area contributed by atoms with Crippen LogP contribution in [0.3, 0.4) is 0 Å². The van der Waals surface area contributed by atoms with Gasteiger partial charge in [-0.25, -0.2) is 0 Å². The van der Waals surface area contributed by atoms with Gasteiger partial charge in [0.05, 0.1) is 15.5 Å². The van der Waals surface area contributed by atoms with Gasteiger partial charge in [-0.3, -0.25) is 0 Å². The highest BCUT2D eigenvalue weighted by molar-refractivity contribution is 7.79. The largest absolute Gasteiger partial charge is 0.296 e. The third kappa shape index (κ3) is 4.68. The summed E-state index contributed by atoms with van der Waals surface area (Å²) in [6.07, 6.45) is 0. The molecule has 10 heavy (non-hydrogen) atoms. The second-order valence-corrected chi connectivity index (χ2v) is 2.53. The molecule has 0 aromatic heterocycles. The molecule has 0 atom stereocenters. The van der Waals surface area contributed by atoms with Crippen molar-refractivity contribution in [3.8, 4) is 0 Å². The molecule has 0 aromatic carbocycles. The minimum Gasteiger partial charge on any atom is -0.159 e. The lowest BCUT2D eigenvalue weighted by atomic mass is 11.7. The van der Waals surface area contributed by atoms with Gasteiger partial charge in [-0.15, -0.1) is 0 Å². The van der Waals surface area contributed by atoms with Crippen LogP contribution in [0, 0.1) is 0 Å². The van der Waals surface area contributed by atoms with E-state index in [9.17, 15) is 0 Å². The Morgan fingerprint density at radius 2 is 1.10 bits per heavy atom. The summed E-state index contributed by atoms with van der Waals surface area (Å²) in [5.74, 6) is 0. The summed E-state index contributed by atoms with van der Waals surface area (Å²) in [5, 5.41) is 6.34. The molecule has 3 nitrogen and oxygen atoms in total. The SMILES string of the molecule is S=C=NP(N=C=S)N=C=S. The monoisotopic (exact) mass is 205 g/mol. The number of nitrogens with zero attached hydrogens (tertiary/aromatic N) is 3. The van der Waals surface area contributed by atoms with E-state index in [0.29, 0.717) is 0 Å². The van der Waals surface area contributed by atoms with Crippen LogP contribution in [-0.2, 0) is 0 Å². The zero-order chi connectivity index (χ0) is 7.82. The maximum Gasteiger partial charge on any atom is 0.296 e. The number of thiocarbonyl (C=S) groups is 3. The Morgan fingerprint density at radius 3 is 1.30 bits per heavy atom. The van der Waals surface area contributed by atoms with Crippen LogP contribution in [0.2, 0.25) is 0 Å². The lowest BCUT2D eigenvalue weighted by Gasteiger charge is -1.85. The third-order valence-corrected chi connectivity index (χ3v) is 1.91. The zero-order valence-electron chi connectivity index (χ0n) is 4.51. The Hall–Kier alpha value is -0.170. The lowest BCUT2D eigenvalue weighted by Crippen LogP contribution is -1.54. The summed E-state index contributed by atoms with van der Waals surface area (Å²) in [6, 6.07) is 0. The topological polar surface area (TPSA) is 37.1 Å². The van der Waals surface area contributed by atoms with Crippen molar-refractivity contribution in [2.24, 2.45) is 14.3 Å². The molecule has 0 fully saturated rings. The first-order chi connectivity index (χ1) is 4.85. The lowest BCUT2D eigenvalue weighted by molar-refractivity contribution is 1.70. The van der Waals surface area contributed by atoms with Gasteiger partial charge in [0.2, 0.25) is 0 Å². The first kappa shape index (κ1) is 9.83. The molecule has 0 amide bonds. The van der Waals surface area contributed by atoms with Crippen molar-refractivity contribution in [3.05, 3.63) is 0 Å². The van der Waals surface area contributed by atoms with Crippen molar-refractivity contribution < 1.29 is 0 Å². The normalized spacial score (nSPS) is 9.60. The van der Waals surface area contributed by atoms with Gasteiger partial charge in [-0.1, -0.05) is 0 Å². The van der Waals surface area contributed by atoms with E-state index in [0.717, 1.165) is 0 Å². The predicted octanol–water partition coefficient (Wildman–Crippen LogP) is 2.52. The van der Waals surface area contributed by atoms with Gasteiger partial charge in [-0.05, 0) is 36.7 Å². The molecule has 0 aliphatic heterocycles. The summed E-state index contributed by atoms with van der Waals surface area (Å²) in [7, 11) is -1.33. The fourth-order valence-electron chi connectivity index (χ4n) is 0.177.